The Balaban J connectivity index is 2.13. The Bertz CT molecular complexity index is 458. The minimum absolute atomic E-state index is 0.0301. The molecule has 2 heterocycles. The van der Waals surface area contributed by atoms with Crippen LogP contribution in [0, 0.1) is 0 Å². The zero-order valence-corrected chi connectivity index (χ0v) is 10.7. The van der Waals surface area contributed by atoms with Crippen molar-refractivity contribution in [2.24, 2.45) is 4.99 Å². The minimum Gasteiger partial charge on any atom is -0.357 e. The summed E-state index contributed by atoms with van der Waals surface area (Å²) in [4.78, 5) is 6.95. The Kier molecular flexibility index (Phi) is 2.48. The zero-order valence-electron chi connectivity index (χ0n) is 9.11. The van der Waals surface area contributed by atoms with Gasteiger partial charge in [-0.25, -0.2) is 4.99 Å². The van der Waals surface area contributed by atoms with E-state index >= 15 is 0 Å². The van der Waals surface area contributed by atoms with Crippen molar-refractivity contribution in [2.45, 2.75) is 19.1 Å². The predicted molar refractivity (Wildman–Crippen MR) is 66.9 cm³/mol. The van der Waals surface area contributed by atoms with Crippen LogP contribution in [0.15, 0.2) is 27.7 Å². The lowest BCUT2D eigenvalue weighted by atomic mass is 10.1. The summed E-state index contributed by atoms with van der Waals surface area (Å²) < 4.78 is 6.69. The molecule has 1 unspecified atom stereocenters. The van der Waals surface area contributed by atoms with E-state index in [9.17, 15) is 0 Å². The van der Waals surface area contributed by atoms with Gasteiger partial charge in [0.2, 0.25) is 0 Å². The third kappa shape index (κ3) is 1.48. The Labute approximate surface area is 103 Å². The second kappa shape index (κ2) is 3.86. The van der Waals surface area contributed by atoms with E-state index in [-0.39, 0.29) is 6.23 Å². The standard InChI is InChI=1S/C12H13BrN2O/c1-16-12-9-7-8(13)4-5-10(9)14-11-3-2-6-15(11)12/h4-5,7,12H,2-3,6H2,1H3. The highest BCUT2D eigenvalue weighted by Crippen LogP contribution is 2.39. The van der Waals surface area contributed by atoms with Gasteiger partial charge in [-0.05, 0) is 24.6 Å². The van der Waals surface area contributed by atoms with Gasteiger partial charge in [-0.15, -0.1) is 0 Å². The maximum Gasteiger partial charge on any atom is 0.159 e. The number of methoxy groups -OCH3 is 1. The van der Waals surface area contributed by atoms with Crippen LogP contribution in [0.25, 0.3) is 0 Å². The number of hydrogen-bond acceptors (Lipinski definition) is 3. The average Bonchev–Trinajstić information content (AvgIpc) is 2.73. The molecule has 4 heteroatoms. The van der Waals surface area contributed by atoms with Crippen LogP contribution in [-0.2, 0) is 4.74 Å². The Morgan fingerprint density at radius 1 is 1.50 bits per heavy atom. The van der Waals surface area contributed by atoms with Crippen LogP contribution in [-0.4, -0.2) is 24.4 Å². The zero-order chi connectivity index (χ0) is 11.1. The van der Waals surface area contributed by atoms with Gasteiger partial charge in [0.05, 0.1) is 5.69 Å². The van der Waals surface area contributed by atoms with Crippen LogP contribution in [0.2, 0.25) is 0 Å². The molecule has 1 saturated heterocycles. The molecule has 3 rings (SSSR count). The number of fused-ring (bicyclic) bond motifs is 2. The first-order chi connectivity index (χ1) is 7.79. The smallest absolute Gasteiger partial charge is 0.159 e. The second-order valence-electron chi connectivity index (χ2n) is 4.12. The largest absolute Gasteiger partial charge is 0.357 e. The second-order valence-corrected chi connectivity index (χ2v) is 5.03. The fourth-order valence-electron chi connectivity index (χ4n) is 2.44. The lowest BCUT2D eigenvalue weighted by molar-refractivity contribution is 0.00924. The molecule has 2 aliphatic rings. The summed E-state index contributed by atoms with van der Waals surface area (Å²) in [5.41, 5.74) is 2.20. The lowest BCUT2D eigenvalue weighted by Crippen LogP contribution is -2.33. The van der Waals surface area contributed by atoms with Crippen LogP contribution >= 0.6 is 15.9 Å². The number of amidine groups is 1. The molecule has 0 amide bonds. The number of nitrogens with zero attached hydrogens (tertiary/aromatic N) is 2. The normalized spacial score (nSPS) is 22.8. The van der Waals surface area contributed by atoms with Crippen molar-refractivity contribution in [1.29, 1.82) is 0 Å². The van der Waals surface area contributed by atoms with Gasteiger partial charge >= 0.3 is 0 Å². The number of aliphatic imine (C=N–C) groups is 1. The molecular formula is C12H13BrN2O. The molecule has 0 N–H and O–H groups in total. The lowest BCUT2D eigenvalue weighted by Gasteiger charge is -2.33. The molecule has 0 aromatic heterocycles. The minimum atomic E-state index is 0.0301. The first-order valence-electron chi connectivity index (χ1n) is 5.46. The molecule has 1 aromatic carbocycles. The Hall–Kier alpha value is -0.870. The van der Waals surface area contributed by atoms with E-state index in [1.807, 2.05) is 12.1 Å². The molecule has 0 bridgehead atoms. The summed E-state index contributed by atoms with van der Waals surface area (Å²) in [7, 11) is 1.76. The van der Waals surface area contributed by atoms with E-state index in [2.05, 4.69) is 31.9 Å². The SMILES string of the molecule is COC1c2cc(Br)ccc2N=C2CCCN21. The Morgan fingerprint density at radius 2 is 2.38 bits per heavy atom. The van der Waals surface area contributed by atoms with Gasteiger partial charge < -0.3 is 9.64 Å². The summed E-state index contributed by atoms with van der Waals surface area (Å²) in [6.07, 6.45) is 2.27. The van der Waals surface area contributed by atoms with Crippen LogP contribution in [0.4, 0.5) is 5.69 Å². The van der Waals surface area contributed by atoms with E-state index < -0.39 is 0 Å². The van der Waals surface area contributed by atoms with Crippen molar-refractivity contribution < 1.29 is 4.74 Å². The number of ether oxygens (including phenoxy) is 1. The third-order valence-corrected chi connectivity index (χ3v) is 3.64. The van der Waals surface area contributed by atoms with Crippen molar-refractivity contribution in [2.75, 3.05) is 13.7 Å². The van der Waals surface area contributed by atoms with Gasteiger partial charge in [-0.2, -0.15) is 0 Å². The maximum atomic E-state index is 5.61. The third-order valence-electron chi connectivity index (χ3n) is 3.14. The first kappa shape index (κ1) is 10.3. The molecule has 16 heavy (non-hydrogen) atoms. The molecule has 84 valence electrons. The Morgan fingerprint density at radius 3 is 3.19 bits per heavy atom. The van der Waals surface area contributed by atoms with Crippen molar-refractivity contribution in [3.63, 3.8) is 0 Å². The number of hydrogen-bond donors (Lipinski definition) is 0. The van der Waals surface area contributed by atoms with Crippen LogP contribution < -0.4 is 0 Å². The fourth-order valence-corrected chi connectivity index (χ4v) is 2.82. The summed E-state index contributed by atoms with van der Waals surface area (Å²) in [6.45, 7) is 1.04. The fraction of sp³-hybridized carbons (Fsp3) is 0.417. The highest BCUT2D eigenvalue weighted by atomic mass is 79.9. The molecule has 1 atom stereocenters. The van der Waals surface area contributed by atoms with Gasteiger partial charge in [-0.3, -0.25) is 0 Å². The molecule has 2 aliphatic heterocycles. The van der Waals surface area contributed by atoms with Crippen LogP contribution in [0.5, 0.6) is 0 Å². The summed E-state index contributed by atoms with van der Waals surface area (Å²) in [6, 6.07) is 6.18. The first-order valence-corrected chi connectivity index (χ1v) is 6.25. The maximum absolute atomic E-state index is 5.61. The van der Waals surface area contributed by atoms with E-state index in [4.69, 9.17) is 4.74 Å². The van der Waals surface area contributed by atoms with Gasteiger partial charge in [-0.1, -0.05) is 15.9 Å². The predicted octanol–water partition coefficient (Wildman–Crippen LogP) is 3.23. The van der Waals surface area contributed by atoms with Gasteiger partial charge in [0, 0.05) is 30.1 Å². The molecule has 1 aromatic rings. The summed E-state index contributed by atoms with van der Waals surface area (Å²) in [5.74, 6) is 1.17. The molecule has 0 aliphatic carbocycles. The van der Waals surface area contributed by atoms with Crippen molar-refractivity contribution in [3.8, 4) is 0 Å². The monoisotopic (exact) mass is 280 g/mol. The van der Waals surface area contributed by atoms with E-state index in [1.54, 1.807) is 7.11 Å². The molecule has 0 saturated carbocycles. The molecular weight excluding hydrogens is 268 g/mol. The molecule has 1 fully saturated rings. The van der Waals surface area contributed by atoms with Crippen molar-refractivity contribution >= 4 is 27.5 Å². The number of rotatable bonds is 1. The quantitative estimate of drug-likeness (QED) is 0.789. The highest BCUT2D eigenvalue weighted by molar-refractivity contribution is 9.10. The molecule has 3 nitrogen and oxygen atoms in total. The number of halogens is 1. The van der Waals surface area contributed by atoms with Crippen LogP contribution in [0.3, 0.4) is 0 Å². The number of benzene rings is 1. The van der Waals surface area contributed by atoms with Gasteiger partial charge in [0.1, 0.15) is 5.84 Å². The highest BCUT2D eigenvalue weighted by Gasteiger charge is 2.32. The van der Waals surface area contributed by atoms with E-state index in [0.717, 1.165) is 28.7 Å². The van der Waals surface area contributed by atoms with Gasteiger partial charge in [0.25, 0.3) is 0 Å². The summed E-state index contributed by atoms with van der Waals surface area (Å²) >= 11 is 3.50. The topological polar surface area (TPSA) is 24.8 Å². The van der Waals surface area contributed by atoms with E-state index in [1.165, 1.54) is 12.3 Å². The molecule has 0 spiro atoms. The van der Waals surface area contributed by atoms with Crippen LogP contribution in [0.1, 0.15) is 24.6 Å². The summed E-state index contributed by atoms with van der Waals surface area (Å²) in [5, 5.41) is 0. The van der Waals surface area contributed by atoms with Crippen molar-refractivity contribution in [3.05, 3.63) is 28.2 Å². The van der Waals surface area contributed by atoms with Crippen molar-refractivity contribution in [1.82, 2.24) is 4.90 Å². The average molecular weight is 281 g/mol. The molecule has 0 radical (unpaired) electrons. The van der Waals surface area contributed by atoms with Gasteiger partial charge in [0.15, 0.2) is 6.23 Å². The van der Waals surface area contributed by atoms with E-state index in [0.29, 0.717) is 0 Å².